The first-order chi connectivity index (χ1) is 10.1. The van der Waals surface area contributed by atoms with Crippen molar-refractivity contribution in [3.8, 4) is 0 Å². The fourth-order valence-corrected chi connectivity index (χ4v) is 2.18. The molecule has 0 atom stereocenters. The first-order valence-electron chi connectivity index (χ1n) is 6.72. The van der Waals surface area contributed by atoms with Crippen molar-refractivity contribution < 1.29 is 14.5 Å². The summed E-state index contributed by atoms with van der Waals surface area (Å²) in [5.41, 5.74) is 5.87. The maximum atomic E-state index is 11.9. The molecule has 21 heavy (non-hydrogen) atoms. The van der Waals surface area contributed by atoms with Crippen LogP contribution in [0.2, 0.25) is 0 Å². The van der Waals surface area contributed by atoms with E-state index in [2.05, 4.69) is 5.32 Å². The van der Waals surface area contributed by atoms with Gasteiger partial charge in [-0.2, -0.15) is 0 Å². The molecular weight excluding hydrogens is 276 g/mol. The van der Waals surface area contributed by atoms with Crippen LogP contribution in [0.15, 0.2) is 18.2 Å². The summed E-state index contributed by atoms with van der Waals surface area (Å²) < 4.78 is 5.18. The van der Waals surface area contributed by atoms with E-state index in [4.69, 9.17) is 10.5 Å². The van der Waals surface area contributed by atoms with Gasteiger partial charge in [-0.25, -0.2) is 0 Å². The molecule has 1 amide bonds. The zero-order chi connectivity index (χ0) is 15.2. The first-order valence-corrected chi connectivity index (χ1v) is 6.72. The van der Waals surface area contributed by atoms with E-state index in [0.717, 1.165) is 0 Å². The largest absolute Gasteiger partial charge is 0.393 e. The van der Waals surface area contributed by atoms with Crippen molar-refractivity contribution >= 4 is 23.0 Å². The smallest absolute Gasteiger partial charge is 0.314 e. The molecule has 1 aromatic carbocycles. The molecule has 1 fully saturated rings. The minimum atomic E-state index is -0.526. The van der Waals surface area contributed by atoms with E-state index in [0.29, 0.717) is 38.5 Å². The van der Waals surface area contributed by atoms with E-state index in [1.807, 2.05) is 0 Å². The number of nitrogens with two attached hydrogens (primary N) is 1. The highest BCUT2D eigenvalue weighted by Gasteiger charge is 2.19. The molecule has 0 radical (unpaired) electrons. The van der Waals surface area contributed by atoms with Gasteiger partial charge in [0.15, 0.2) is 0 Å². The van der Waals surface area contributed by atoms with Crippen molar-refractivity contribution in [1.82, 2.24) is 4.90 Å². The minimum absolute atomic E-state index is 0.0114. The molecule has 1 aromatic rings. The van der Waals surface area contributed by atoms with Crippen molar-refractivity contribution in [2.75, 3.05) is 43.9 Å². The molecule has 114 valence electrons. The van der Waals surface area contributed by atoms with E-state index in [1.165, 1.54) is 6.07 Å². The highest BCUT2D eigenvalue weighted by Crippen LogP contribution is 2.30. The number of nitrogen functional groups attached to an aromatic ring is 1. The van der Waals surface area contributed by atoms with Gasteiger partial charge < -0.3 is 20.7 Å². The third-order valence-electron chi connectivity index (χ3n) is 3.27. The molecule has 1 aliphatic rings. The number of nitrogens with one attached hydrogen (secondary N) is 1. The number of rotatable bonds is 5. The molecule has 8 heteroatoms. The normalized spacial score (nSPS) is 14.8. The number of morpholine rings is 1. The number of carbonyl (C=O) groups is 1. The summed E-state index contributed by atoms with van der Waals surface area (Å²) in [4.78, 5) is 24.1. The van der Waals surface area contributed by atoms with E-state index in [-0.39, 0.29) is 23.7 Å². The average molecular weight is 294 g/mol. The van der Waals surface area contributed by atoms with Gasteiger partial charge in [-0.1, -0.05) is 6.07 Å². The summed E-state index contributed by atoms with van der Waals surface area (Å²) >= 11 is 0. The minimum Gasteiger partial charge on any atom is -0.393 e. The molecule has 0 unspecified atom stereocenters. The SMILES string of the molecule is Nc1cccc(NCCC(=O)N2CCOCC2)c1[N+](=O)[O-]. The Morgan fingerprint density at radius 3 is 2.81 bits per heavy atom. The van der Waals surface area contributed by atoms with E-state index >= 15 is 0 Å². The number of benzene rings is 1. The Bertz CT molecular complexity index is 529. The summed E-state index contributed by atoms with van der Waals surface area (Å²) in [6, 6.07) is 4.68. The number of nitrogens with zero attached hydrogens (tertiary/aromatic N) is 2. The summed E-state index contributed by atoms with van der Waals surface area (Å²) in [5, 5.41) is 13.9. The predicted octanol–water partition coefficient (Wildman–Crippen LogP) is 0.838. The summed E-state index contributed by atoms with van der Waals surface area (Å²) in [5.74, 6) is 0.0114. The lowest BCUT2D eigenvalue weighted by atomic mass is 10.2. The number of nitro benzene ring substituents is 1. The van der Waals surface area contributed by atoms with E-state index in [1.54, 1.807) is 17.0 Å². The van der Waals surface area contributed by atoms with Crippen LogP contribution in [-0.2, 0) is 9.53 Å². The Hall–Kier alpha value is -2.35. The molecule has 0 spiro atoms. The zero-order valence-corrected chi connectivity index (χ0v) is 11.6. The molecule has 0 aromatic heterocycles. The molecule has 0 saturated carbocycles. The van der Waals surface area contributed by atoms with Crippen molar-refractivity contribution in [2.45, 2.75) is 6.42 Å². The lowest BCUT2D eigenvalue weighted by Gasteiger charge is -2.26. The monoisotopic (exact) mass is 294 g/mol. The summed E-state index contributed by atoms with van der Waals surface area (Å²) in [6.07, 6.45) is 0.270. The van der Waals surface area contributed by atoms with Gasteiger partial charge >= 0.3 is 5.69 Å². The van der Waals surface area contributed by atoms with Gasteiger partial charge in [0, 0.05) is 26.1 Å². The van der Waals surface area contributed by atoms with Crippen LogP contribution in [0.5, 0.6) is 0 Å². The number of nitro groups is 1. The van der Waals surface area contributed by atoms with Crippen LogP contribution in [0.3, 0.4) is 0 Å². The second-order valence-electron chi connectivity index (χ2n) is 4.67. The quantitative estimate of drug-likeness (QED) is 0.473. The lowest BCUT2D eigenvalue weighted by molar-refractivity contribution is -0.383. The van der Waals surface area contributed by atoms with Gasteiger partial charge in [0.25, 0.3) is 0 Å². The molecule has 8 nitrogen and oxygen atoms in total. The fourth-order valence-electron chi connectivity index (χ4n) is 2.18. The molecule has 1 saturated heterocycles. The molecule has 0 bridgehead atoms. The van der Waals surface area contributed by atoms with Gasteiger partial charge in [-0.15, -0.1) is 0 Å². The first kappa shape index (κ1) is 15.0. The van der Waals surface area contributed by atoms with Crippen molar-refractivity contribution in [3.05, 3.63) is 28.3 Å². The van der Waals surface area contributed by atoms with Crippen LogP contribution < -0.4 is 11.1 Å². The number of hydrogen-bond acceptors (Lipinski definition) is 6. The van der Waals surface area contributed by atoms with E-state index < -0.39 is 4.92 Å². The number of para-hydroxylation sites is 1. The third-order valence-corrected chi connectivity index (χ3v) is 3.27. The molecule has 3 N–H and O–H groups in total. The second-order valence-corrected chi connectivity index (χ2v) is 4.67. The third kappa shape index (κ3) is 3.82. The number of amides is 1. The summed E-state index contributed by atoms with van der Waals surface area (Å²) in [7, 11) is 0. The second kappa shape index (κ2) is 6.89. The average Bonchev–Trinajstić information content (AvgIpc) is 2.47. The Kier molecular flexibility index (Phi) is 4.94. The maximum Gasteiger partial charge on any atom is 0.314 e. The Labute approximate surface area is 122 Å². The van der Waals surface area contributed by atoms with Gasteiger partial charge in [-0.05, 0) is 12.1 Å². The molecular formula is C13H18N4O4. The van der Waals surface area contributed by atoms with Crippen LogP contribution in [0.25, 0.3) is 0 Å². The molecule has 1 heterocycles. The van der Waals surface area contributed by atoms with Crippen molar-refractivity contribution in [3.63, 3.8) is 0 Å². The van der Waals surface area contributed by atoms with Crippen LogP contribution in [0.1, 0.15) is 6.42 Å². The Balaban J connectivity index is 1.90. The van der Waals surface area contributed by atoms with Crippen LogP contribution in [-0.4, -0.2) is 48.6 Å². The van der Waals surface area contributed by atoms with Crippen LogP contribution in [0, 0.1) is 10.1 Å². The van der Waals surface area contributed by atoms with Gasteiger partial charge in [0.05, 0.1) is 18.1 Å². The van der Waals surface area contributed by atoms with Crippen molar-refractivity contribution in [1.29, 1.82) is 0 Å². The van der Waals surface area contributed by atoms with Crippen LogP contribution in [0.4, 0.5) is 17.1 Å². The Morgan fingerprint density at radius 2 is 2.14 bits per heavy atom. The lowest BCUT2D eigenvalue weighted by Crippen LogP contribution is -2.41. The molecule has 0 aliphatic carbocycles. The fraction of sp³-hybridized carbons (Fsp3) is 0.462. The molecule has 1 aliphatic heterocycles. The van der Waals surface area contributed by atoms with Crippen LogP contribution >= 0.6 is 0 Å². The number of carbonyl (C=O) groups excluding carboxylic acids is 1. The maximum absolute atomic E-state index is 11.9. The van der Waals surface area contributed by atoms with Crippen molar-refractivity contribution in [2.24, 2.45) is 0 Å². The Morgan fingerprint density at radius 1 is 1.43 bits per heavy atom. The zero-order valence-electron chi connectivity index (χ0n) is 11.6. The molecule has 2 rings (SSSR count). The number of anilines is 2. The summed E-state index contributed by atoms with van der Waals surface area (Å²) in [6.45, 7) is 2.62. The highest BCUT2D eigenvalue weighted by molar-refractivity contribution is 5.78. The predicted molar refractivity (Wildman–Crippen MR) is 78.0 cm³/mol. The number of hydrogen-bond donors (Lipinski definition) is 2. The number of ether oxygens (including phenoxy) is 1. The standard InChI is InChI=1S/C13H18N4O4/c14-10-2-1-3-11(13(10)17(19)20)15-5-4-12(18)16-6-8-21-9-7-16/h1-3,15H,4-9,14H2. The topological polar surface area (TPSA) is 111 Å². The van der Waals surface area contributed by atoms with Gasteiger partial charge in [-0.3, -0.25) is 14.9 Å². The highest BCUT2D eigenvalue weighted by atomic mass is 16.6. The van der Waals surface area contributed by atoms with E-state index in [9.17, 15) is 14.9 Å². The van der Waals surface area contributed by atoms with Gasteiger partial charge in [0.1, 0.15) is 11.4 Å². The van der Waals surface area contributed by atoms with Gasteiger partial charge in [0.2, 0.25) is 5.91 Å².